The van der Waals surface area contributed by atoms with Gasteiger partial charge in [-0.15, -0.1) is 0 Å². The maximum absolute atomic E-state index is 12.2. The molecule has 0 aromatic heterocycles. The highest BCUT2D eigenvalue weighted by Gasteiger charge is 2.26. The summed E-state index contributed by atoms with van der Waals surface area (Å²) >= 11 is 0. The monoisotopic (exact) mass is 272 g/mol. The molecule has 0 spiro atoms. The average molecular weight is 272 g/mol. The Labute approximate surface area is 105 Å². The molecule has 9 heteroatoms. The number of hydrogen-bond donors (Lipinski definition) is 0. The van der Waals surface area contributed by atoms with Gasteiger partial charge in [0.25, 0.3) is 0 Å². The third kappa shape index (κ3) is 3.12. The summed E-state index contributed by atoms with van der Waals surface area (Å²) < 4.78 is 32.6. The molecule has 1 aromatic carbocycles. The van der Waals surface area contributed by atoms with E-state index in [0.29, 0.717) is 6.07 Å². The van der Waals surface area contributed by atoms with Gasteiger partial charge >= 0.3 is 18.3 Å². The molecule has 7 nitrogen and oxygen atoms in total. The fourth-order valence-electron chi connectivity index (χ4n) is 1.28. The summed E-state index contributed by atoms with van der Waals surface area (Å²) in [5.41, 5.74) is -1.79. The Morgan fingerprint density at radius 3 is 2.58 bits per heavy atom. The lowest BCUT2D eigenvalue weighted by Crippen LogP contribution is -2.09. The van der Waals surface area contributed by atoms with Crippen LogP contribution in [0.3, 0.4) is 0 Å². The van der Waals surface area contributed by atoms with E-state index in [9.17, 15) is 23.7 Å². The molecular weight excluding hydrogens is 266 g/mol. The largest absolute Gasteiger partial charge is 0.465 e. The molecule has 0 aliphatic rings. The van der Waals surface area contributed by atoms with Gasteiger partial charge in [0.1, 0.15) is 11.6 Å². The number of esters is 1. The molecular formula is C10H6F2N2O5. The van der Waals surface area contributed by atoms with Gasteiger partial charge in [-0.1, -0.05) is 0 Å². The number of benzene rings is 1. The van der Waals surface area contributed by atoms with Crippen molar-refractivity contribution in [3.05, 3.63) is 33.4 Å². The highest BCUT2D eigenvalue weighted by Crippen LogP contribution is 2.33. The molecule has 1 rings (SSSR count). The molecule has 0 N–H and O–H groups in total. The topological polar surface area (TPSA) is 102 Å². The second kappa shape index (κ2) is 5.72. The van der Waals surface area contributed by atoms with Crippen LogP contribution in [-0.4, -0.2) is 24.6 Å². The standard InChI is InChI=1S/C10H6F2N2O5/c1-18-9(15)5-2-6(4-13)8(19-10(11)12)7(3-5)14(16)17/h2-3,10H,1H3. The van der Waals surface area contributed by atoms with E-state index in [2.05, 4.69) is 9.47 Å². The van der Waals surface area contributed by atoms with Crippen molar-refractivity contribution in [1.29, 1.82) is 5.26 Å². The summed E-state index contributed by atoms with van der Waals surface area (Å²) in [7, 11) is 1.03. The molecule has 0 atom stereocenters. The quantitative estimate of drug-likeness (QED) is 0.470. The first-order chi connectivity index (χ1) is 8.90. The van der Waals surface area contributed by atoms with Gasteiger partial charge < -0.3 is 9.47 Å². The van der Waals surface area contributed by atoms with Crippen molar-refractivity contribution < 1.29 is 28.0 Å². The normalized spacial score (nSPS) is 9.84. The molecule has 19 heavy (non-hydrogen) atoms. The third-order valence-corrected chi connectivity index (χ3v) is 2.01. The first-order valence-corrected chi connectivity index (χ1v) is 4.66. The van der Waals surface area contributed by atoms with Crippen LogP contribution in [-0.2, 0) is 4.74 Å². The number of halogens is 2. The van der Waals surface area contributed by atoms with Gasteiger partial charge in [0, 0.05) is 6.07 Å². The number of carbonyl (C=O) groups excluding carboxylic acids is 1. The van der Waals surface area contributed by atoms with Gasteiger partial charge in [-0.25, -0.2) is 4.79 Å². The number of nitro groups is 1. The Hall–Kier alpha value is -2.76. The van der Waals surface area contributed by atoms with Crippen LogP contribution in [0.25, 0.3) is 0 Å². The number of carbonyl (C=O) groups is 1. The molecule has 1 aromatic rings. The van der Waals surface area contributed by atoms with Crippen LogP contribution < -0.4 is 4.74 Å². The zero-order valence-electron chi connectivity index (χ0n) is 9.42. The molecule has 0 amide bonds. The third-order valence-electron chi connectivity index (χ3n) is 2.01. The number of alkyl halides is 2. The lowest BCUT2D eigenvalue weighted by molar-refractivity contribution is -0.386. The van der Waals surface area contributed by atoms with E-state index in [4.69, 9.17) is 5.26 Å². The predicted molar refractivity (Wildman–Crippen MR) is 55.8 cm³/mol. The van der Waals surface area contributed by atoms with Crippen molar-refractivity contribution in [1.82, 2.24) is 0 Å². The Morgan fingerprint density at radius 2 is 2.16 bits per heavy atom. The number of ether oxygens (including phenoxy) is 2. The van der Waals surface area contributed by atoms with Crippen molar-refractivity contribution in [2.75, 3.05) is 7.11 Å². The van der Waals surface area contributed by atoms with Crippen LogP contribution in [0, 0.1) is 21.4 Å². The van der Waals surface area contributed by atoms with Gasteiger partial charge in [-0.05, 0) is 6.07 Å². The smallest absolute Gasteiger partial charge is 0.387 e. The molecule has 0 bridgehead atoms. The maximum atomic E-state index is 12.2. The fraction of sp³-hybridized carbons (Fsp3) is 0.200. The highest BCUT2D eigenvalue weighted by molar-refractivity contribution is 5.91. The van der Waals surface area contributed by atoms with Crippen LogP contribution in [0.15, 0.2) is 12.1 Å². The van der Waals surface area contributed by atoms with Crippen LogP contribution in [0.4, 0.5) is 14.5 Å². The average Bonchev–Trinajstić information content (AvgIpc) is 2.36. The van der Waals surface area contributed by atoms with Gasteiger partial charge in [0.05, 0.1) is 17.6 Å². The zero-order valence-corrected chi connectivity index (χ0v) is 9.42. The molecule has 0 fully saturated rings. The Bertz CT molecular complexity index is 568. The molecule has 0 unspecified atom stereocenters. The molecule has 100 valence electrons. The number of hydrogen-bond acceptors (Lipinski definition) is 6. The first kappa shape index (κ1) is 14.3. The number of methoxy groups -OCH3 is 1. The number of nitriles is 1. The van der Waals surface area contributed by atoms with Crippen molar-refractivity contribution >= 4 is 11.7 Å². The van der Waals surface area contributed by atoms with E-state index < -0.39 is 34.5 Å². The zero-order chi connectivity index (χ0) is 14.6. The lowest BCUT2D eigenvalue weighted by atomic mass is 10.1. The van der Waals surface area contributed by atoms with Gasteiger partial charge in [0.15, 0.2) is 0 Å². The predicted octanol–water partition coefficient (Wildman–Crippen LogP) is 1.85. The van der Waals surface area contributed by atoms with Gasteiger partial charge in [-0.2, -0.15) is 14.0 Å². The molecule has 0 aliphatic heterocycles. The van der Waals surface area contributed by atoms with Crippen LogP contribution in [0.5, 0.6) is 5.75 Å². The highest BCUT2D eigenvalue weighted by atomic mass is 19.3. The summed E-state index contributed by atoms with van der Waals surface area (Å²) in [4.78, 5) is 21.0. The summed E-state index contributed by atoms with van der Waals surface area (Å²) in [5.74, 6) is -1.83. The minimum atomic E-state index is -3.34. The Kier molecular flexibility index (Phi) is 4.31. The molecule has 0 radical (unpaired) electrons. The SMILES string of the molecule is COC(=O)c1cc(C#N)c(OC(F)F)c([N+](=O)[O-])c1. The van der Waals surface area contributed by atoms with Crippen LogP contribution in [0.1, 0.15) is 15.9 Å². The molecule has 0 saturated heterocycles. The van der Waals surface area contributed by atoms with E-state index >= 15 is 0 Å². The fourth-order valence-corrected chi connectivity index (χ4v) is 1.28. The second-order valence-corrected chi connectivity index (χ2v) is 3.11. The first-order valence-electron chi connectivity index (χ1n) is 4.66. The Morgan fingerprint density at radius 1 is 1.53 bits per heavy atom. The van der Waals surface area contributed by atoms with Crippen molar-refractivity contribution in [3.63, 3.8) is 0 Å². The number of nitro benzene ring substituents is 1. The number of rotatable bonds is 4. The van der Waals surface area contributed by atoms with E-state index in [0.717, 1.165) is 13.2 Å². The minimum Gasteiger partial charge on any atom is -0.465 e. The molecule has 0 aliphatic carbocycles. The van der Waals surface area contributed by atoms with Crippen LogP contribution in [0.2, 0.25) is 0 Å². The van der Waals surface area contributed by atoms with Gasteiger partial charge in [0.2, 0.25) is 5.75 Å². The lowest BCUT2D eigenvalue weighted by Gasteiger charge is -2.08. The van der Waals surface area contributed by atoms with Gasteiger partial charge in [-0.3, -0.25) is 10.1 Å². The summed E-state index contributed by atoms with van der Waals surface area (Å²) in [6, 6.07) is 3.02. The van der Waals surface area contributed by atoms with E-state index in [1.807, 2.05) is 0 Å². The van der Waals surface area contributed by atoms with Crippen molar-refractivity contribution in [2.45, 2.75) is 6.61 Å². The van der Waals surface area contributed by atoms with E-state index in [1.54, 1.807) is 0 Å². The number of nitrogens with zero attached hydrogens (tertiary/aromatic N) is 2. The van der Waals surface area contributed by atoms with E-state index in [1.165, 1.54) is 6.07 Å². The minimum absolute atomic E-state index is 0.313. The summed E-state index contributed by atoms with van der Waals surface area (Å²) in [6.07, 6.45) is 0. The van der Waals surface area contributed by atoms with Crippen molar-refractivity contribution in [2.24, 2.45) is 0 Å². The summed E-state index contributed by atoms with van der Waals surface area (Å²) in [6.45, 7) is -3.34. The second-order valence-electron chi connectivity index (χ2n) is 3.11. The van der Waals surface area contributed by atoms with Crippen LogP contribution >= 0.6 is 0 Å². The molecule has 0 saturated carbocycles. The summed E-state index contributed by atoms with van der Waals surface area (Å²) in [5, 5.41) is 19.5. The molecule has 0 heterocycles. The van der Waals surface area contributed by atoms with E-state index in [-0.39, 0.29) is 5.56 Å². The Balaban J connectivity index is 3.50. The maximum Gasteiger partial charge on any atom is 0.387 e. The van der Waals surface area contributed by atoms with Crippen molar-refractivity contribution in [3.8, 4) is 11.8 Å².